The monoisotopic (exact) mass is 458 g/mol. The molecule has 0 spiro atoms. The molecule has 0 saturated heterocycles. The summed E-state index contributed by atoms with van der Waals surface area (Å²) in [5.41, 5.74) is -0.251. The first-order valence-corrected chi connectivity index (χ1v) is 13.3. The Labute approximate surface area is 176 Å². The van der Waals surface area contributed by atoms with E-state index >= 15 is 0 Å². The molecule has 1 aliphatic rings. The van der Waals surface area contributed by atoms with Crippen LogP contribution in [0.1, 0.15) is 26.7 Å². The number of carboxylic acids is 1. The highest BCUT2D eigenvalue weighted by Crippen LogP contribution is 2.30. The molecule has 1 atom stereocenters. The van der Waals surface area contributed by atoms with Gasteiger partial charge in [-0.05, 0) is 50.6 Å². The van der Waals surface area contributed by atoms with E-state index in [-0.39, 0.29) is 30.0 Å². The quantitative estimate of drug-likeness (QED) is 0.338. The van der Waals surface area contributed by atoms with Gasteiger partial charge < -0.3 is 14.0 Å². The first kappa shape index (κ1) is 24.1. The molecule has 0 saturated carbocycles. The lowest BCUT2D eigenvalue weighted by atomic mass is 10.2. The molecule has 166 valence electrons. The van der Waals surface area contributed by atoms with Crippen LogP contribution in [0.15, 0.2) is 40.4 Å². The topological polar surface area (TPSA) is 136 Å². The van der Waals surface area contributed by atoms with E-state index in [1.807, 2.05) is 20.4 Å². The number of nitrogens with zero attached hydrogens (tertiary/aromatic N) is 2. The largest absolute Gasteiger partial charge is 0.480 e. The fraction of sp³-hybridized carbons (Fsp3) is 0.500. The lowest BCUT2D eigenvalue weighted by Gasteiger charge is -2.29. The van der Waals surface area contributed by atoms with Crippen LogP contribution in [-0.4, -0.2) is 63.1 Å². The molecule has 0 aromatic heterocycles. The Hall–Kier alpha value is -2.12. The molecule has 1 aliphatic heterocycles. The fourth-order valence-electron chi connectivity index (χ4n) is 3.44. The minimum absolute atomic E-state index is 0.0282. The molecule has 12 heteroatoms. The number of nitro benzene ring substituents is 1. The van der Waals surface area contributed by atoms with Gasteiger partial charge in [-0.1, -0.05) is 6.08 Å². The summed E-state index contributed by atoms with van der Waals surface area (Å²) in [6.07, 6.45) is 1.97. The summed E-state index contributed by atoms with van der Waals surface area (Å²) in [6, 6.07) is 3.09. The van der Waals surface area contributed by atoms with Crippen LogP contribution in [0.5, 0.6) is 0 Å². The maximum atomic E-state index is 13.2. The average Bonchev–Trinajstić information content (AvgIpc) is 2.92. The van der Waals surface area contributed by atoms with Crippen LogP contribution in [0.3, 0.4) is 0 Å². The van der Waals surface area contributed by atoms with Gasteiger partial charge in [-0.15, -0.1) is 0 Å². The van der Waals surface area contributed by atoms with Gasteiger partial charge in [0, 0.05) is 31.9 Å². The lowest BCUT2D eigenvalue weighted by molar-refractivity contribution is -0.384. The van der Waals surface area contributed by atoms with Crippen LogP contribution in [0.2, 0.25) is 6.55 Å². The van der Waals surface area contributed by atoms with Crippen molar-refractivity contribution in [2.75, 3.05) is 19.8 Å². The number of carboxylic acid groups (broad SMARTS) is 1. The number of hydrogen-bond acceptors (Lipinski definition) is 7. The number of rotatable bonds is 9. The third-order valence-electron chi connectivity index (χ3n) is 4.90. The van der Waals surface area contributed by atoms with Gasteiger partial charge in [0.05, 0.1) is 9.82 Å². The van der Waals surface area contributed by atoms with Crippen molar-refractivity contribution in [1.82, 2.24) is 4.31 Å². The van der Waals surface area contributed by atoms with Crippen LogP contribution in [0.25, 0.3) is 0 Å². The summed E-state index contributed by atoms with van der Waals surface area (Å²) in [5.74, 6) is -1.27. The van der Waals surface area contributed by atoms with Gasteiger partial charge in [-0.25, -0.2) is 8.42 Å². The summed E-state index contributed by atoms with van der Waals surface area (Å²) in [6.45, 7) is 6.33. The van der Waals surface area contributed by atoms with Gasteiger partial charge >= 0.3 is 14.5 Å². The first-order chi connectivity index (χ1) is 14.1. The molecule has 10 nitrogen and oxygen atoms in total. The van der Waals surface area contributed by atoms with Crippen molar-refractivity contribution in [3.63, 3.8) is 0 Å². The second-order valence-electron chi connectivity index (χ2n) is 6.75. The maximum absolute atomic E-state index is 13.2. The maximum Gasteiger partial charge on any atom is 0.364 e. The molecular weight excluding hydrogens is 432 g/mol. The Morgan fingerprint density at radius 1 is 1.27 bits per heavy atom. The molecule has 0 radical (unpaired) electrons. The van der Waals surface area contributed by atoms with E-state index in [0.29, 0.717) is 13.2 Å². The van der Waals surface area contributed by atoms with Crippen molar-refractivity contribution in [3.05, 3.63) is 45.7 Å². The first-order valence-electron chi connectivity index (χ1n) is 9.53. The number of non-ortho nitro benzene ring substituents is 1. The smallest absolute Gasteiger partial charge is 0.364 e. The summed E-state index contributed by atoms with van der Waals surface area (Å²) in [5, 5.41) is 21.3. The Morgan fingerprint density at radius 2 is 1.83 bits per heavy atom. The van der Waals surface area contributed by atoms with Crippen molar-refractivity contribution in [3.8, 4) is 0 Å². The highest BCUT2D eigenvalue weighted by Gasteiger charge is 2.42. The summed E-state index contributed by atoms with van der Waals surface area (Å²) < 4.78 is 39.0. The Kier molecular flexibility index (Phi) is 7.88. The normalized spacial score (nSPS) is 18.5. The number of hydrogen-bond donors (Lipinski definition) is 1. The van der Waals surface area contributed by atoms with E-state index in [9.17, 15) is 28.4 Å². The standard InChI is InChI=1S/C18H26N2O8SSi/c1-4-27-30(3,28-5-2)16-10-11-17(18(21)22)19(13-12-16)29(25,26)15-8-6-14(7-9-15)20(23)24/h6-10,17H,4-5,11-13H2,1-3H3,(H,21,22)/t17-/m0/s1. The molecule has 0 amide bonds. The van der Waals surface area contributed by atoms with Crippen LogP contribution < -0.4 is 0 Å². The van der Waals surface area contributed by atoms with Gasteiger partial charge in [0.15, 0.2) is 0 Å². The molecule has 0 aliphatic carbocycles. The van der Waals surface area contributed by atoms with Crippen molar-refractivity contribution in [1.29, 1.82) is 0 Å². The van der Waals surface area contributed by atoms with Crippen LogP contribution in [0.4, 0.5) is 5.69 Å². The van der Waals surface area contributed by atoms with Crippen molar-refractivity contribution < 1.29 is 32.1 Å². The summed E-state index contributed by atoms with van der Waals surface area (Å²) >= 11 is 0. The zero-order valence-electron chi connectivity index (χ0n) is 17.1. The zero-order valence-corrected chi connectivity index (χ0v) is 18.9. The Balaban J connectivity index is 2.39. The molecule has 0 bridgehead atoms. The Bertz CT molecular complexity index is 911. The highest BCUT2D eigenvalue weighted by atomic mass is 32.2. The van der Waals surface area contributed by atoms with E-state index in [1.165, 1.54) is 0 Å². The molecule has 1 aromatic carbocycles. The van der Waals surface area contributed by atoms with Crippen LogP contribution in [0, 0.1) is 10.1 Å². The number of carbonyl (C=O) groups is 1. The lowest BCUT2D eigenvalue weighted by Crippen LogP contribution is -2.45. The van der Waals surface area contributed by atoms with Crippen molar-refractivity contribution in [2.45, 2.75) is 44.2 Å². The van der Waals surface area contributed by atoms with Crippen molar-refractivity contribution >= 4 is 30.2 Å². The predicted molar refractivity (Wildman–Crippen MR) is 111 cm³/mol. The average molecular weight is 459 g/mol. The van der Waals surface area contributed by atoms with E-state index < -0.39 is 35.5 Å². The third-order valence-corrected chi connectivity index (χ3v) is 10.1. The number of benzene rings is 1. The van der Waals surface area contributed by atoms with Gasteiger partial charge in [0.1, 0.15) is 6.04 Å². The molecule has 1 N–H and O–H groups in total. The molecule has 1 aromatic rings. The third kappa shape index (κ3) is 5.13. The number of aliphatic carboxylic acids is 1. The second kappa shape index (κ2) is 9.79. The fourth-order valence-corrected chi connectivity index (χ4v) is 7.64. The Morgan fingerprint density at radius 3 is 2.30 bits per heavy atom. The van der Waals surface area contributed by atoms with E-state index in [2.05, 4.69) is 0 Å². The minimum Gasteiger partial charge on any atom is -0.480 e. The summed E-state index contributed by atoms with van der Waals surface area (Å²) in [7, 11) is -6.95. The highest BCUT2D eigenvalue weighted by molar-refractivity contribution is 7.89. The SMILES string of the molecule is CCO[Si](C)(OCC)C1=CC[C@@H](C(=O)O)N(S(=O)(=O)c2ccc([N+](=O)[O-])cc2)CC1. The molecule has 0 unspecified atom stereocenters. The summed E-state index contributed by atoms with van der Waals surface area (Å²) in [4.78, 5) is 21.9. The van der Waals surface area contributed by atoms with E-state index in [4.69, 9.17) is 8.85 Å². The molecular formula is C18H26N2O8SSi. The molecule has 0 fully saturated rings. The van der Waals surface area contributed by atoms with Gasteiger partial charge in [-0.2, -0.15) is 4.31 Å². The minimum atomic E-state index is -4.19. The van der Waals surface area contributed by atoms with Gasteiger partial charge in [-0.3, -0.25) is 14.9 Å². The van der Waals surface area contributed by atoms with E-state index in [1.54, 1.807) is 6.08 Å². The van der Waals surface area contributed by atoms with Gasteiger partial charge in [0.2, 0.25) is 10.0 Å². The van der Waals surface area contributed by atoms with Gasteiger partial charge in [0.25, 0.3) is 5.69 Å². The van der Waals surface area contributed by atoms with E-state index in [0.717, 1.165) is 33.8 Å². The molecule has 1 heterocycles. The molecule has 2 rings (SSSR count). The second-order valence-corrected chi connectivity index (χ2v) is 11.7. The van der Waals surface area contributed by atoms with Crippen LogP contribution >= 0.6 is 0 Å². The van der Waals surface area contributed by atoms with Crippen molar-refractivity contribution in [2.24, 2.45) is 0 Å². The van der Waals surface area contributed by atoms with Crippen LogP contribution in [-0.2, 0) is 23.7 Å². The number of sulfonamides is 1. The molecule has 30 heavy (non-hydrogen) atoms. The predicted octanol–water partition coefficient (Wildman–Crippen LogP) is 2.44. The number of nitro groups is 1. The zero-order chi connectivity index (χ0) is 22.5.